The predicted octanol–water partition coefficient (Wildman–Crippen LogP) is 5.35. The standard InChI is InChI=1S/C24H24F3N3O3S2/c25-24(26,27)17-8-10-30(21(12-17)16-4-2-1-3-5-16)20-9-11-33-22-13-18(6-7-19(20)22)35(31,32)14-23-28-15-29-34-23/h1-7,13,15,17,20-21H,8-12,14H2/t17-,20?,21-/m1/s1. The van der Waals surface area contributed by atoms with Gasteiger partial charge in [0.05, 0.1) is 17.4 Å². The van der Waals surface area contributed by atoms with Crippen molar-refractivity contribution >= 4 is 21.4 Å². The number of aromatic nitrogens is 2. The molecular formula is C24H24F3N3O3S2. The van der Waals surface area contributed by atoms with Gasteiger partial charge in [0.2, 0.25) is 0 Å². The van der Waals surface area contributed by atoms with Gasteiger partial charge in [0.25, 0.3) is 0 Å². The largest absolute Gasteiger partial charge is 0.493 e. The summed E-state index contributed by atoms with van der Waals surface area (Å²) >= 11 is 1.03. The van der Waals surface area contributed by atoms with E-state index in [-0.39, 0.29) is 29.5 Å². The first-order chi connectivity index (χ1) is 16.7. The molecule has 186 valence electrons. The molecule has 3 aromatic rings. The Morgan fingerprint density at radius 1 is 1.09 bits per heavy atom. The maximum atomic E-state index is 13.6. The van der Waals surface area contributed by atoms with Crippen molar-refractivity contribution < 1.29 is 26.3 Å². The molecule has 6 nitrogen and oxygen atoms in total. The van der Waals surface area contributed by atoms with Crippen LogP contribution in [-0.2, 0) is 15.6 Å². The molecule has 0 N–H and O–H groups in total. The first-order valence-corrected chi connectivity index (χ1v) is 13.8. The molecule has 0 spiro atoms. The van der Waals surface area contributed by atoms with Crippen LogP contribution in [0.25, 0.3) is 0 Å². The van der Waals surface area contributed by atoms with Gasteiger partial charge in [-0.25, -0.2) is 13.4 Å². The Hall–Kier alpha value is -2.50. The molecule has 5 rings (SSSR count). The minimum absolute atomic E-state index is 0.00544. The molecule has 0 bridgehead atoms. The number of sulfone groups is 1. The summed E-state index contributed by atoms with van der Waals surface area (Å²) in [7, 11) is -3.65. The monoisotopic (exact) mass is 523 g/mol. The van der Waals surface area contributed by atoms with Crippen LogP contribution in [0.5, 0.6) is 5.75 Å². The maximum Gasteiger partial charge on any atom is 0.391 e. The van der Waals surface area contributed by atoms with Crippen LogP contribution in [0, 0.1) is 5.92 Å². The Labute approximate surface area is 205 Å². The minimum atomic E-state index is -4.23. The summed E-state index contributed by atoms with van der Waals surface area (Å²) < 4.78 is 76.4. The number of ether oxygens (including phenoxy) is 1. The summed E-state index contributed by atoms with van der Waals surface area (Å²) in [5.74, 6) is -1.14. The average Bonchev–Trinajstić information content (AvgIpc) is 3.35. The molecule has 1 saturated heterocycles. The number of likely N-dealkylation sites (tertiary alicyclic amines) is 1. The normalized spacial score (nSPS) is 23.5. The van der Waals surface area contributed by atoms with Crippen LogP contribution >= 0.6 is 11.5 Å². The summed E-state index contributed by atoms with van der Waals surface area (Å²) in [6.07, 6.45) is -2.27. The molecule has 3 heterocycles. The van der Waals surface area contributed by atoms with E-state index in [0.717, 1.165) is 22.7 Å². The van der Waals surface area contributed by atoms with E-state index in [2.05, 4.69) is 14.3 Å². The quantitative estimate of drug-likeness (QED) is 0.449. The molecule has 1 fully saturated rings. The second kappa shape index (κ2) is 9.51. The van der Waals surface area contributed by atoms with Gasteiger partial charge in [-0.05, 0) is 48.6 Å². The highest BCUT2D eigenvalue weighted by Gasteiger charge is 2.46. The first-order valence-electron chi connectivity index (χ1n) is 11.3. The van der Waals surface area contributed by atoms with E-state index in [9.17, 15) is 21.6 Å². The molecule has 2 aliphatic rings. The third-order valence-electron chi connectivity index (χ3n) is 6.76. The van der Waals surface area contributed by atoms with Gasteiger partial charge in [0.1, 0.15) is 22.8 Å². The van der Waals surface area contributed by atoms with Crippen molar-refractivity contribution in [2.75, 3.05) is 13.2 Å². The highest BCUT2D eigenvalue weighted by Crippen LogP contribution is 2.48. The zero-order valence-corrected chi connectivity index (χ0v) is 20.3. The van der Waals surface area contributed by atoms with Gasteiger partial charge < -0.3 is 4.74 Å². The maximum absolute atomic E-state index is 13.6. The van der Waals surface area contributed by atoms with Crippen LogP contribution in [0.4, 0.5) is 13.2 Å². The summed E-state index contributed by atoms with van der Waals surface area (Å²) in [4.78, 5) is 6.22. The second-order valence-corrected chi connectivity index (χ2v) is 11.7. The Balaban J connectivity index is 1.46. The number of piperidine rings is 1. The van der Waals surface area contributed by atoms with Crippen LogP contribution in [0.15, 0.2) is 59.8 Å². The fraction of sp³-hybridized carbons (Fsp3) is 0.417. The van der Waals surface area contributed by atoms with Gasteiger partial charge in [-0.3, -0.25) is 4.90 Å². The van der Waals surface area contributed by atoms with Gasteiger partial charge in [-0.15, -0.1) is 0 Å². The van der Waals surface area contributed by atoms with Gasteiger partial charge in [-0.1, -0.05) is 36.4 Å². The molecule has 1 unspecified atom stereocenters. The van der Waals surface area contributed by atoms with Gasteiger partial charge in [-0.2, -0.15) is 17.5 Å². The van der Waals surface area contributed by atoms with Gasteiger partial charge in [0, 0.05) is 24.1 Å². The number of nitrogens with zero attached hydrogens (tertiary/aromatic N) is 3. The highest BCUT2D eigenvalue weighted by molar-refractivity contribution is 7.90. The number of hydrogen-bond donors (Lipinski definition) is 0. The van der Waals surface area contributed by atoms with E-state index < -0.39 is 28.0 Å². The minimum Gasteiger partial charge on any atom is -0.493 e. The van der Waals surface area contributed by atoms with Crippen LogP contribution in [0.2, 0.25) is 0 Å². The van der Waals surface area contributed by atoms with E-state index in [1.807, 2.05) is 30.3 Å². The van der Waals surface area contributed by atoms with Crippen LogP contribution in [-0.4, -0.2) is 42.0 Å². The Bertz CT molecular complexity index is 1270. The fourth-order valence-electron chi connectivity index (χ4n) is 5.05. The van der Waals surface area contributed by atoms with Crippen LogP contribution in [0.3, 0.4) is 0 Å². The Kier molecular flexibility index (Phi) is 6.58. The number of rotatable bonds is 5. The predicted molar refractivity (Wildman–Crippen MR) is 125 cm³/mol. The van der Waals surface area contributed by atoms with Crippen LogP contribution < -0.4 is 4.74 Å². The average molecular weight is 524 g/mol. The topological polar surface area (TPSA) is 72.4 Å². The number of fused-ring (bicyclic) bond motifs is 1. The molecule has 3 atom stereocenters. The fourth-order valence-corrected chi connectivity index (χ4v) is 7.17. The number of halogens is 3. The van der Waals surface area contributed by atoms with Crippen LogP contribution in [0.1, 0.15) is 47.5 Å². The van der Waals surface area contributed by atoms with Gasteiger partial charge >= 0.3 is 6.18 Å². The SMILES string of the molecule is O=S(=O)(Cc1ncns1)c1ccc2c(c1)OCCC2N1CC[C@@H](C(F)(F)F)C[C@@H]1c1ccccc1. The number of benzene rings is 2. The molecular weight excluding hydrogens is 499 g/mol. The lowest BCUT2D eigenvalue weighted by Crippen LogP contribution is -2.44. The molecule has 1 aromatic heterocycles. The smallest absolute Gasteiger partial charge is 0.391 e. The molecule has 0 amide bonds. The molecule has 2 aliphatic heterocycles. The summed E-state index contributed by atoms with van der Waals surface area (Å²) in [6.45, 7) is 0.656. The van der Waals surface area contributed by atoms with Crippen molar-refractivity contribution in [2.24, 2.45) is 5.92 Å². The van der Waals surface area contributed by atoms with E-state index in [1.165, 1.54) is 12.4 Å². The number of hydrogen-bond acceptors (Lipinski definition) is 7. The third-order valence-corrected chi connectivity index (χ3v) is 9.23. The van der Waals surface area contributed by atoms with Crippen molar-refractivity contribution in [3.05, 3.63) is 71.0 Å². The van der Waals surface area contributed by atoms with E-state index in [4.69, 9.17) is 4.74 Å². The summed E-state index contributed by atoms with van der Waals surface area (Å²) in [6, 6.07) is 13.5. The zero-order chi connectivity index (χ0) is 24.6. The summed E-state index contributed by atoms with van der Waals surface area (Å²) in [5.41, 5.74) is 1.66. The Morgan fingerprint density at radius 3 is 2.60 bits per heavy atom. The molecule has 0 radical (unpaired) electrons. The third kappa shape index (κ3) is 5.07. The van der Waals surface area contributed by atoms with Gasteiger partial charge in [0.15, 0.2) is 9.84 Å². The Morgan fingerprint density at radius 2 is 1.89 bits per heavy atom. The lowest BCUT2D eigenvalue weighted by molar-refractivity contribution is -0.192. The molecule has 0 aliphatic carbocycles. The molecule has 11 heteroatoms. The van der Waals surface area contributed by atoms with Crippen molar-refractivity contribution in [1.29, 1.82) is 0 Å². The van der Waals surface area contributed by atoms with E-state index in [1.54, 1.807) is 12.1 Å². The highest BCUT2D eigenvalue weighted by atomic mass is 32.2. The van der Waals surface area contributed by atoms with E-state index >= 15 is 0 Å². The van der Waals surface area contributed by atoms with Crippen molar-refractivity contribution in [2.45, 2.75) is 48.2 Å². The molecule has 35 heavy (non-hydrogen) atoms. The number of alkyl halides is 3. The first kappa shape index (κ1) is 24.2. The lowest BCUT2D eigenvalue weighted by Gasteiger charge is -2.46. The molecule has 2 aromatic carbocycles. The van der Waals surface area contributed by atoms with E-state index in [0.29, 0.717) is 30.3 Å². The zero-order valence-electron chi connectivity index (χ0n) is 18.7. The van der Waals surface area contributed by atoms with Crippen molar-refractivity contribution in [3.63, 3.8) is 0 Å². The van der Waals surface area contributed by atoms with Crippen molar-refractivity contribution in [1.82, 2.24) is 14.3 Å². The second-order valence-electron chi connectivity index (χ2n) is 8.87. The molecule has 0 saturated carbocycles. The lowest BCUT2D eigenvalue weighted by atomic mass is 9.84. The van der Waals surface area contributed by atoms with Crippen molar-refractivity contribution in [3.8, 4) is 5.75 Å². The summed E-state index contributed by atoms with van der Waals surface area (Å²) in [5, 5.41) is 0.403.